The topological polar surface area (TPSA) is 37.8 Å². The smallest absolute Gasteiger partial charge is 0.222 e. The second kappa shape index (κ2) is 5.51. The van der Waals surface area contributed by atoms with Crippen LogP contribution in [0.2, 0.25) is 0 Å². The SMILES string of the molecule is CCCCC(C)Nc1ncccn1. The van der Waals surface area contributed by atoms with Gasteiger partial charge in [-0.1, -0.05) is 19.8 Å². The van der Waals surface area contributed by atoms with Gasteiger partial charge in [-0.3, -0.25) is 0 Å². The van der Waals surface area contributed by atoms with Crippen LogP contribution in [0.3, 0.4) is 0 Å². The molecule has 0 fully saturated rings. The zero-order valence-electron chi connectivity index (χ0n) is 8.33. The molecule has 0 saturated heterocycles. The molecule has 1 N–H and O–H groups in total. The van der Waals surface area contributed by atoms with E-state index in [0.29, 0.717) is 6.04 Å². The normalized spacial score (nSPS) is 12.5. The fraction of sp³-hybridized carbons (Fsp3) is 0.600. The Morgan fingerprint density at radius 1 is 1.38 bits per heavy atom. The van der Waals surface area contributed by atoms with Crippen LogP contribution in [0.1, 0.15) is 33.1 Å². The number of hydrogen-bond donors (Lipinski definition) is 1. The maximum Gasteiger partial charge on any atom is 0.222 e. The van der Waals surface area contributed by atoms with Gasteiger partial charge in [0.25, 0.3) is 0 Å². The van der Waals surface area contributed by atoms with Gasteiger partial charge in [-0.2, -0.15) is 0 Å². The van der Waals surface area contributed by atoms with Gasteiger partial charge in [0.2, 0.25) is 5.95 Å². The molecule has 0 bridgehead atoms. The van der Waals surface area contributed by atoms with Crippen LogP contribution in [0, 0.1) is 0 Å². The van der Waals surface area contributed by atoms with Crippen LogP contribution in [-0.4, -0.2) is 16.0 Å². The molecule has 0 saturated carbocycles. The zero-order chi connectivity index (χ0) is 9.52. The Morgan fingerprint density at radius 2 is 2.08 bits per heavy atom. The first-order chi connectivity index (χ1) is 6.33. The zero-order valence-corrected chi connectivity index (χ0v) is 8.33. The molecule has 1 heterocycles. The number of nitrogens with one attached hydrogen (secondary N) is 1. The second-order valence-corrected chi connectivity index (χ2v) is 3.26. The van der Waals surface area contributed by atoms with Crippen molar-refractivity contribution in [3.05, 3.63) is 18.5 Å². The van der Waals surface area contributed by atoms with Gasteiger partial charge in [0.1, 0.15) is 0 Å². The van der Waals surface area contributed by atoms with Crippen LogP contribution in [0.4, 0.5) is 5.95 Å². The Bertz CT molecular complexity index is 223. The highest BCUT2D eigenvalue weighted by atomic mass is 15.1. The second-order valence-electron chi connectivity index (χ2n) is 3.26. The van der Waals surface area contributed by atoms with Crippen molar-refractivity contribution in [1.29, 1.82) is 0 Å². The molecule has 3 nitrogen and oxygen atoms in total. The number of anilines is 1. The van der Waals surface area contributed by atoms with Crippen molar-refractivity contribution in [2.24, 2.45) is 0 Å². The number of aromatic nitrogens is 2. The van der Waals surface area contributed by atoms with Crippen LogP contribution in [0.15, 0.2) is 18.5 Å². The molecule has 0 amide bonds. The lowest BCUT2D eigenvalue weighted by Crippen LogP contribution is -2.16. The average Bonchev–Trinajstić information content (AvgIpc) is 2.16. The highest BCUT2D eigenvalue weighted by Crippen LogP contribution is 2.04. The van der Waals surface area contributed by atoms with Crippen LogP contribution in [0.25, 0.3) is 0 Å². The van der Waals surface area contributed by atoms with Gasteiger partial charge in [0.15, 0.2) is 0 Å². The summed E-state index contributed by atoms with van der Waals surface area (Å²) in [7, 11) is 0. The van der Waals surface area contributed by atoms with E-state index in [1.807, 2.05) is 6.07 Å². The first kappa shape index (κ1) is 9.96. The summed E-state index contributed by atoms with van der Waals surface area (Å²) in [6.45, 7) is 4.36. The Hall–Kier alpha value is -1.12. The third kappa shape index (κ3) is 3.87. The molecule has 13 heavy (non-hydrogen) atoms. The van der Waals surface area contributed by atoms with Crippen LogP contribution < -0.4 is 5.32 Å². The van der Waals surface area contributed by atoms with Crippen molar-refractivity contribution in [1.82, 2.24) is 9.97 Å². The van der Waals surface area contributed by atoms with Crippen molar-refractivity contribution in [3.63, 3.8) is 0 Å². The monoisotopic (exact) mass is 179 g/mol. The molecular formula is C10H17N3. The predicted molar refractivity (Wildman–Crippen MR) is 54.6 cm³/mol. The molecule has 1 atom stereocenters. The summed E-state index contributed by atoms with van der Waals surface area (Å²) in [5, 5.41) is 3.25. The lowest BCUT2D eigenvalue weighted by molar-refractivity contribution is 0.641. The molecule has 0 aromatic carbocycles. The quantitative estimate of drug-likeness (QED) is 0.754. The highest BCUT2D eigenvalue weighted by Gasteiger charge is 2.01. The molecule has 72 valence electrons. The van der Waals surface area contributed by atoms with Gasteiger partial charge < -0.3 is 5.32 Å². The van der Waals surface area contributed by atoms with Gasteiger partial charge >= 0.3 is 0 Å². The van der Waals surface area contributed by atoms with E-state index in [1.165, 1.54) is 19.3 Å². The Balaban J connectivity index is 2.32. The third-order valence-electron chi connectivity index (χ3n) is 1.93. The van der Waals surface area contributed by atoms with Gasteiger partial charge in [-0.05, 0) is 19.4 Å². The van der Waals surface area contributed by atoms with E-state index >= 15 is 0 Å². The van der Waals surface area contributed by atoms with Crippen molar-refractivity contribution in [2.75, 3.05) is 5.32 Å². The van der Waals surface area contributed by atoms with E-state index in [9.17, 15) is 0 Å². The molecule has 1 aromatic heterocycles. The molecule has 3 heteroatoms. The minimum atomic E-state index is 0.461. The summed E-state index contributed by atoms with van der Waals surface area (Å²) in [5.74, 6) is 0.728. The Morgan fingerprint density at radius 3 is 2.69 bits per heavy atom. The van der Waals surface area contributed by atoms with Crippen molar-refractivity contribution >= 4 is 5.95 Å². The number of unbranched alkanes of at least 4 members (excludes halogenated alkanes) is 1. The van der Waals surface area contributed by atoms with Crippen molar-refractivity contribution in [3.8, 4) is 0 Å². The number of rotatable bonds is 5. The van der Waals surface area contributed by atoms with E-state index in [4.69, 9.17) is 0 Å². The third-order valence-corrected chi connectivity index (χ3v) is 1.93. The van der Waals surface area contributed by atoms with Crippen molar-refractivity contribution < 1.29 is 0 Å². The fourth-order valence-corrected chi connectivity index (χ4v) is 1.18. The number of nitrogens with zero attached hydrogens (tertiary/aromatic N) is 2. The summed E-state index contributed by atoms with van der Waals surface area (Å²) in [6, 6.07) is 2.28. The van der Waals surface area contributed by atoms with Gasteiger partial charge in [-0.15, -0.1) is 0 Å². The lowest BCUT2D eigenvalue weighted by atomic mass is 10.1. The minimum absolute atomic E-state index is 0.461. The molecule has 0 spiro atoms. The maximum atomic E-state index is 4.10. The van der Waals surface area contributed by atoms with Gasteiger partial charge in [0.05, 0.1) is 0 Å². The Labute approximate surface area is 79.6 Å². The molecule has 0 aliphatic rings. The fourth-order valence-electron chi connectivity index (χ4n) is 1.18. The van der Waals surface area contributed by atoms with E-state index in [2.05, 4.69) is 29.1 Å². The number of hydrogen-bond acceptors (Lipinski definition) is 3. The molecule has 0 aliphatic heterocycles. The summed E-state index contributed by atoms with van der Waals surface area (Å²) in [6.07, 6.45) is 7.17. The summed E-state index contributed by atoms with van der Waals surface area (Å²) < 4.78 is 0. The van der Waals surface area contributed by atoms with Gasteiger partial charge in [-0.25, -0.2) is 9.97 Å². The van der Waals surface area contributed by atoms with E-state index in [0.717, 1.165) is 5.95 Å². The standard InChI is InChI=1S/C10H17N3/c1-3-4-6-9(2)13-10-11-7-5-8-12-10/h5,7-9H,3-4,6H2,1-2H3,(H,11,12,13). The van der Waals surface area contributed by atoms with E-state index in [-0.39, 0.29) is 0 Å². The molecule has 1 rings (SSSR count). The lowest BCUT2D eigenvalue weighted by Gasteiger charge is -2.12. The molecule has 1 aromatic rings. The van der Waals surface area contributed by atoms with Crippen LogP contribution >= 0.6 is 0 Å². The average molecular weight is 179 g/mol. The van der Waals surface area contributed by atoms with Gasteiger partial charge in [0, 0.05) is 18.4 Å². The largest absolute Gasteiger partial charge is 0.352 e. The first-order valence-electron chi connectivity index (χ1n) is 4.86. The minimum Gasteiger partial charge on any atom is -0.352 e. The molecular weight excluding hydrogens is 162 g/mol. The molecule has 0 aliphatic carbocycles. The predicted octanol–water partition coefficient (Wildman–Crippen LogP) is 2.47. The molecule has 1 unspecified atom stereocenters. The molecule has 0 radical (unpaired) electrons. The Kier molecular flexibility index (Phi) is 4.23. The summed E-state index contributed by atoms with van der Waals surface area (Å²) in [4.78, 5) is 8.21. The van der Waals surface area contributed by atoms with E-state index in [1.54, 1.807) is 12.4 Å². The maximum absolute atomic E-state index is 4.10. The highest BCUT2D eigenvalue weighted by molar-refractivity contribution is 5.23. The van der Waals surface area contributed by atoms with Crippen LogP contribution in [0.5, 0.6) is 0 Å². The van der Waals surface area contributed by atoms with E-state index < -0.39 is 0 Å². The summed E-state index contributed by atoms with van der Waals surface area (Å²) >= 11 is 0. The van der Waals surface area contributed by atoms with Crippen LogP contribution in [-0.2, 0) is 0 Å². The summed E-state index contributed by atoms with van der Waals surface area (Å²) in [5.41, 5.74) is 0. The van der Waals surface area contributed by atoms with Crippen molar-refractivity contribution in [2.45, 2.75) is 39.2 Å². The first-order valence-corrected chi connectivity index (χ1v) is 4.86.